The molecule has 0 radical (unpaired) electrons. The van der Waals surface area contributed by atoms with Crippen molar-refractivity contribution < 1.29 is 9.53 Å². The van der Waals surface area contributed by atoms with Gasteiger partial charge >= 0.3 is 5.97 Å². The zero-order valence-corrected chi connectivity index (χ0v) is 12.5. The summed E-state index contributed by atoms with van der Waals surface area (Å²) in [6.45, 7) is 7.72. The van der Waals surface area contributed by atoms with Crippen LogP contribution in [0.3, 0.4) is 0 Å². The highest BCUT2D eigenvalue weighted by molar-refractivity contribution is 5.90. The maximum atomic E-state index is 12.0. The van der Waals surface area contributed by atoms with E-state index in [1.165, 1.54) is 0 Å². The average molecular weight is 276 g/mol. The molecule has 2 rings (SSSR count). The number of hydrogen-bond acceptors (Lipinski definition) is 4. The van der Waals surface area contributed by atoms with Gasteiger partial charge in [-0.2, -0.15) is 0 Å². The Morgan fingerprint density at radius 2 is 2.00 bits per heavy atom. The van der Waals surface area contributed by atoms with Crippen molar-refractivity contribution in [3.05, 3.63) is 29.8 Å². The van der Waals surface area contributed by atoms with Crippen molar-refractivity contribution in [1.29, 1.82) is 0 Å². The molecule has 1 aromatic carbocycles. The number of anilines is 1. The van der Waals surface area contributed by atoms with Crippen LogP contribution in [0.2, 0.25) is 0 Å². The van der Waals surface area contributed by atoms with E-state index in [-0.39, 0.29) is 5.97 Å². The Kier molecular flexibility index (Phi) is 4.65. The molecular weight excluding hydrogens is 252 g/mol. The monoisotopic (exact) mass is 276 g/mol. The van der Waals surface area contributed by atoms with Crippen molar-refractivity contribution in [3.63, 3.8) is 0 Å². The van der Waals surface area contributed by atoms with Gasteiger partial charge in [-0.05, 0) is 64.9 Å². The van der Waals surface area contributed by atoms with Gasteiger partial charge in [-0.15, -0.1) is 0 Å². The molecule has 0 saturated carbocycles. The molecule has 0 aromatic heterocycles. The number of ether oxygens (including phenoxy) is 1. The van der Waals surface area contributed by atoms with Crippen LogP contribution >= 0.6 is 0 Å². The molecule has 0 atom stereocenters. The summed E-state index contributed by atoms with van der Waals surface area (Å²) >= 11 is 0. The van der Waals surface area contributed by atoms with Crippen molar-refractivity contribution in [2.24, 2.45) is 0 Å². The molecule has 110 valence electrons. The molecule has 1 aromatic rings. The zero-order valence-electron chi connectivity index (χ0n) is 12.5. The molecule has 0 aliphatic carbocycles. The molecule has 1 fully saturated rings. The zero-order chi connectivity index (χ0) is 14.6. The summed E-state index contributed by atoms with van der Waals surface area (Å²) in [6, 6.07) is 8.03. The third-order valence-corrected chi connectivity index (χ3v) is 3.21. The van der Waals surface area contributed by atoms with Gasteiger partial charge in [0.05, 0.1) is 5.56 Å². The Bertz CT molecular complexity index is 460. The minimum atomic E-state index is -0.463. The molecule has 1 aliphatic rings. The highest BCUT2D eigenvalue weighted by Gasteiger charge is 2.18. The Labute approximate surface area is 120 Å². The third kappa shape index (κ3) is 4.53. The summed E-state index contributed by atoms with van der Waals surface area (Å²) in [4.78, 5) is 12.0. The van der Waals surface area contributed by atoms with Crippen LogP contribution in [0.25, 0.3) is 0 Å². The van der Waals surface area contributed by atoms with Crippen LogP contribution in [0.1, 0.15) is 44.0 Å². The number of rotatable bonds is 3. The molecule has 1 saturated heterocycles. The summed E-state index contributed by atoms with van der Waals surface area (Å²) in [7, 11) is 0. The van der Waals surface area contributed by atoms with Crippen molar-refractivity contribution in [2.75, 3.05) is 18.4 Å². The first-order valence-electron chi connectivity index (χ1n) is 7.25. The van der Waals surface area contributed by atoms with E-state index in [0.717, 1.165) is 31.6 Å². The predicted octanol–water partition coefficient (Wildman–Crippen LogP) is 2.81. The van der Waals surface area contributed by atoms with E-state index in [1.54, 1.807) is 6.07 Å². The van der Waals surface area contributed by atoms with Crippen molar-refractivity contribution in [3.8, 4) is 0 Å². The lowest BCUT2D eigenvalue weighted by molar-refractivity contribution is 0.00696. The van der Waals surface area contributed by atoms with Crippen LogP contribution < -0.4 is 10.6 Å². The minimum Gasteiger partial charge on any atom is -0.456 e. The Hall–Kier alpha value is -1.55. The minimum absolute atomic E-state index is 0.272. The van der Waals surface area contributed by atoms with E-state index in [1.807, 2.05) is 39.0 Å². The van der Waals surface area contributed by atoms with E-state index >= 15 is 0 Å². The summed E-state index contributed by atoms with van der Waals surface area (Å²) in [5.41, 5.74) is 1.12. The van der Waals surface area contributed by atoms with Gasteiger partial charge in [0, 0.05) is 11.7 Å². The largest absolute Gasteiger partial charge is 0.456 e. The summed E-state index contributed by atoms with van der Waals surface area (Å²) in [5, 5.41) is 6.83. The smallest absolute Gasteiger partial charge is 0.338 e. The SMILES string of the molecule is CC(C)(C)OC(=O)c1cccc(NC2CCNCC2)c1. The fourth-order valence-electron chi connectivity index (χ4n) is 2.27. The standard InChI is InChI=1S/C16H24N2O2/c1-16(2,3)20-15(19)12-5-4-6-14(11-12)18-13-7-9-17-10-8-13/h4-6,11,13,17-18H,7-10H2,1-3H3. The Morgan fingerprint density at radius 3 is 2.65 bits per heavy atom. The van der Waals surface area contributed by atoms with Gasteiger partial charge < -0.3 is 15.4 Å². The predicted molar refractivity (Wildman–Crippen MR) is 81.1 cm³/mol. The summed E-state index contributed by atoms with van der Waals surface area (Å²) < 4.78 is 5.39. The first-order chi connectivity index (χ1) is 9.44. The molecule has 1 aliphatic heterocycles. The highest BCUT2D eigenvalue weighted by atomic mass is 16.6. The van der Waals surface area contributed by atoms with Gasteiger partial charge in [-0.1, -0.05) is 6.07 Å². The maximum absolute atomic E-state index is 12.0. The number of benzene rings is 1. The molecule has 2 N–H and O–H groups in total. The fraction of sp³-hybridized carbons (Fsp3) is 0.562. The first-order valence-corrected chi connectivity index (χ1v) is 7.25. The van der Waals surface area contributed by atoms with Crippen molar-refractivity contribution >= 4 is 11.7 Å². The van der Waals surface area contributed by atoms with Gasteiger partial charge in [0.25, 0.3) is 0 Å². The quantitative estimate of drug-likeness (QED) is 0.834. The van der Waals surface area contributed by atoms with E-state index in [2.05, 4.69) is 10.6 Å². The number of hydrogen-bond donors (Lipinski definition) is 2. The Morgan fingerprint density at radius 1 is 1.30 bits per heavy atom. The molecule has 4 heteroatoms. The molecule has 0 amide bonds. The van der Waals surface area contributed by atoms with E-state index < -0.39 is 5.60 Å². The van der Waals surface area contributed by atoms with Crippen LogP contribution in [0.5, 0.6) is 0 Å². The fourth-order valence-corrected chi connectivity index (χ4v) is 2.27. The van der Waals surface area contributed by atoms with Gasteiger partial charge in [0.15, 0.2) is 0 Å². The van der Waals surface area contributed by atoms with Crippen molar-refractivity contribution in [2.45, 2.75) is 45.3 Å². The molecule has 1 heterocycles. The number of nitrogens with one attached hydrogen (secondary N) is 2. The number of carbonyl (C=O) groups excluding carboxylic acids is 1. The second-order valence-electron chi connectivity index (χ2n) is 6.25. The lowest BCUT2D eigenvalue weighted by Gasteiger charge is -2.25. The normalized spacial score (nSPS) is 16.8. The van der Waals surface area contributed by atoms with Gasteiger partial charge in [0.2, 0.25) is 0 Å². The van der Waals surface area contributed by atoms with Crippen molar-refractivity contribution in [1.82, 2.24) is 5.32 Å². The molecule has 0 bridgehead atoms. The number of piperidine rings is 1. The van der Waals surface area contributed by atoms with Crippen LogP contribution in [-0.2, 0) is 4.74 Å². The average Bonchev–Trinajstić information content (AvgIpc) is 2.38. The molecule has 20 heavy (non-hydrogen) atoms. The maximum Gasteiger partial charge on any atom is 0.338 e. The summed E-state index contributed by atoms with van der Waals surface area (Å²) in [6.07, 6.45) is 2.22. The second kappa shape index (κ2) is 6.27. The van der Waals surface area contributed by atoms with E-state index in [4.69, 9.17) is 4.74 Å². The first kappa shape index (κ1) is 14.9. The Balaban J connectivity index is 2.01. The summed E-state index contributed by atoms with van der Waals surface area (Å²) in [5.74, 6) is -0.272. The van der Waals surface area contributed by atoms with Crippen LogP contribution in [0.15, 0.2) is 24.3 Å². The molecular formula is C16H24N2O2. The highest BCUT2D eigenvalue weighted by Crippen LogP contribution is 2.18. The van der Waals surface area contributed by atoms with Crippen LogP contribution in [0, 0.1) is 0 Å². The third-order valence-electron chi connectivity index (χ3n) is 3.21. The van der Waals surface area contributed by atoms with Gasteiger partial charge in [-0.3, -0.25) is 0 Å². The lowest BCUT2D eigenvalue weighted by Crippen LogP contribution is -2.35. The van der Waals surface area contributed by atoms with Crippen LogP contribution in [0.4, 0.5) is 5.69 Å². The van der Waals surface area contributed by atoms with Gasteiger partial charge in [0.1, 0.15) is 5.60 Å². The van der Waals surface area contributed by atoms with E-state index in [9.17, 15) is 4.79 Å². The topological polar surface area (TPSA) is 50.4 Å². The number of esters is 1. The van der Waals surface area contributed by atoms with Crippen LogP contribution in [-0.4, -0.2) is 30.7 Å². The van der Waals surface area contributed by atoms with Gasteiger partial charge in [-0.25, -0.2) is 4.79 Å². The molecule has 4 nitrogen and oxygen atoms in total. The lowest BCUT2D eigenvalue weighted by atomic mass is 10.1. The molecule has 0 spiro atoms. The number of carbonyl (C=O) groups is 1. The van der Waals surface area contributed by atoms with E-state index in [0.29, 0.717) is 11.6 Å². The second-order valence-corrected chi connectivity index (χ2v) is 6.25. The molecule has 0 unspecified atom stereocenters.